The summed E-state index contributed by atoms with van der Waals surface area (Å²) in [5, 5.41) is 10.1. The molecule has 1 atom stereocenters. The molecule has 16 heavy (non-hydrogen) atoms. The lowest BCUT2D eigenvalue weighted by Crippen LogP contribution is -2.21. The summed E-state index contributed by atoms with van der Waals surface area (Å²) < 4.78 is 26.0. The van der Waals surface area contributed by atoms with Gasteiger partial charge in [0.2, 0.25) is 0 Å². The molecule has 1 aromatic carbocycles. The highest BCUT2D eigenvalue weighted by atomic mass is 19.1. The Bertz CT molecular complexity index is 328. The van der Waals surface area contributed by atoms with Crippen molar-refractivity contribution in [2.45, 2.75) is 45.1 Å². The molecule has 1 aromatic rings. The minimum atomic E-state index is -1.15. The Morgan fingerprint density at radius 3 is 2.19 bits per heavy atom. The van der Waals surface area contributed by atoms with Crippen LogP contribution < -0.4 is 0 Å². The summed E-state index contributed by atoms with van der Waals surface area (Å²) in [7, 11) is 0. The van der Waals surface area contributed by atoms with E-state index < -0.39 is 17.2 Å². The Morgan fingerprint density at radius 1 is 1.12 bits per heavy atom. The van der Waals surface area contributed by atoms with Gasteiger partial charge in [-0.15, -0.1) is 0 Å². The standard InChI is InChI=1S/C13H18F2O/c1-3-4-5-6-13(2,16)10-7-11(14)9-12(15)8-10/h7-9,16H,3-6H2,1-2H3. The average molecular weight is 228 g/mol. The molecule has 1 nitrogen and oxygen atoms in total. The van der Waals surface area contributed by atoms with E-state index in [0.717, 1.165) is 25.3 Å². The maximum absolute atomic E-state index is 13.0. The highest BCUT2D eigenvalue weighted by Crippen LogP contribution is 2.28. The minimum Gasteiger partial charge on any atom is -0.385 e. The molecule has 0 bridgehead atoms. The summed E-state index contributed by atoms with van der Waals surface area (Å²) in [5.74, 6) is -1.29. The van der Waals surface area contributed by atoms with Crippen molar-refractivity contribution < 1.29 is 13.9 Å². The number of halogens is 2. The first-order valence-electron chi connectivity index (χ1n) is 5.64. The topological polar surface area (TPSA) is 20.2 Å². The van der Waals surface area contributed by atoms with Gasteiger partial charge in [-0.05, 0) is 31.0 Å². The monoisotopic (exact) mass is 228 g/mol. The number of hydrogen-bond acceptors (Lipinski definition) is 1. The van der Waals surface area contributed by atoms with Crippen LogP contribution in [-0.2, 0) is 5.60 Å². The summed E-state index contributed by atoms with van der Waals surface area (Å²) in [6.07, 6.45) is 3.42. The first kappa shape index (κ1) is 13.1. The van der Waals surface area contributed by atoms with Gasteiger partial charge in [-0.1, -0.05) is 26.2 Å². The number of benzene rings is 1. The molecule has 3 heteroatoms. The molecular weight excluding hydrogens is 210 g/mol. The molecule has 0 aromatic heterocycles. The van der Waals surface area contributed by atoms with Gasteiger partial charge in [0.05, 0.1) is 5.60 Å². The third-order valence-electron chi connectivity index (χ3n) is 2.75. The second-order valence-electron chi connectivity index (χ2n) is 4.39. The molecule has 0 spiro atoms. The van der Waals surface area contributed by atoms with E-state index in [1.165, 1.54) is 12.1 Å². The molecule has 0 amide bonds. The molecule has 0 aliphatic heterocycles. The van der Waals surface area contributed by atoms with Crippen LogP contribution in [0.2, 0.25) is 0 Å². The number of aliphatic hydroxyl groups is 1. The molecule has 0 aliphatic rings. The SMILES string of the molecule is CCCCCC(C)(O)c1cc(F)cc(F)c1. The van der Waals surface area contributed by atoms with Gasteiger partial charge >= 0.3 is 0 Å². The van der Waals surface area contributed by atoms with Crippen molar-refractivity contribution in [1.82, 2.24) is 0 Å². The van der Waals surface area contributed by atoms with Crippen LogP contribution in [0.25, 0.3) is 0 Å². The second kappa shape index (κ2) is 5.39. The fraction of sp³-hybridized carbons (Fsp3) is 0.538. The summed E-state index contributed by atoms with van der Waals surface area (Å²) in [6.45, 7) is 3.66. The summed E-state index contributed by atoms with van der Waals surface area (Å²) >= 11 is 0. The van der Waals surface area contributed by atoms with Crippen LogP contribution in [0.3, 0.4) is 0 Å². The highest BCUT2D eigenvalue weighted by molar-refractivity contribution is 5.23. The van der Waals surface area contributed by atoms with Crippen LogP contribution in [0.15, 0.2) is 18.2 Å². The van der Waals surface area contributed by atoms with Gasteiger partial charge in [0.15, 0.2) is 0 Å². The first-order valence-corrected chi connectivity index (χ1v) is 5.64. The second-order valence-corrected chi connectivity index (χ2v) is 4.39. The van der Waals surface area contributed by atoms with Crippen molar-refractivity contribution in [3.05, 3.63) is 35.4 Å². The van der Waals surface area contributed by atoms with Crippen molar-refractivity contribution in [3.8, 4) is 0 Å². The Morgan fingerprint density at radius 2 is 1.69 bits per heavy atom. The maximum atomic E-state index is 13.0. The van der Waals surface area contributed by atoms with Crippen LogP contribution in [0.5, 0.6) is 0 Å². The van der Waals surface area contributed by atoms with Crippen LogP contribution in [0.1, 0.15) is 45.1 Å². The fourth-order valence-corrected chi connectivity index (χ4v) is 1.73. The lowest BCUT2D eigenvalue weighted by molar-refractivity contribution is 0.0443. The van der Waals surface area contributed by atoms with E-state index in [9.17, 15) is 13.9 Å². The molecule has 1 unspecified atom stereocenters. The minimum absolute atomic E-state index is 0.307. The Labute approximate surface area is 95.1 Å². The zero-order valence-electron chi connectivity index (χ0n) is 9.76. The normalized spacial score (nSPS) is 14.8. The quantitative estimate of drug-likeness (QED) is 0.761. The average Bonchev–Trinajstić information content (AvgIpc) is 2.16. The molecule has 0 saturated carbocycles. The molecule has 0 radical (unpaired) electrons. The van der Waals surface area contributed by atoms with E-state index in [2.05, 4.69) is 6.92 Å². The molecular formula is C13H18F2O. The third kappa shape index (κ3) is 3.56. The van der Waals surface area contributed by atoms with Gasteiger partial charge in [0, 0.05) is 6.07 Å². The van der Waals surface area contributed by atoms with Crippen LogP contribution >= 0.6 is 0 Å². The van der Waals surface area contributed by atoms with Crippen molar-refractivity contribution in [2.24, 2.45) is 0 Å². The van der Waals surface area contributed by atoms with Gasteiger partial charge in [-0.3, -0.25) is 0 Å². The smallest absolute Gasteiger partial charge is 0.126 e. The summed E-state index contributed by atoms with van der Waals surface area (Å²) in [4.78, 5) is 0. The van der Waals surface area contributed by atoms with Crippen LogP contribution in [0.4, 0.5) is 8.78 Å². The first-order chi connectivity index (χ1) is 7.45. The third-order valence-corrected chi connectivity index (χ3v) is 2.75. The van der Waals surface area contributed by atoms with Crippen molar-refractivity contribution in [2.75, 3.05) is 0 Å². The molecule has 0 fully saturated rings. The number of hydrogen-bond donors (Lipinski definition) is 1. The molecule has 0 heterocycles. The predicted molar refractivity (Wildman–Crippen MR) is 60.1 cm³/mol. The molecule has 90 valence electrons. The van der Waals surface area contributed by atoms with Gasteiger partial charge < -0.3 is 5.11 Å². The Hall–Kier alpha value is -0.960. The van der Waals surface area contributed by atoms with Crippen LogP contribution in [-0.4, -0.2) is 5.11 Å². The zero-order valence-corrected chi connectivity index (χ0v) is 9.76. The van der Waals surface area contributed by atoms with Gasteiger partial charge in [0.1, 0.15) is 11.6 Å². The van der Waals surface area contributed by atoms with E-state index in [0.29, 0.717) is 12.0 Å². The van der Waals surface area contributed by atoms with E-state index in [1.54, 1.807) is 6.92 Å². The molecule has 1 rings (SSSR count). The van der Waals surface area contributed by atoms with E-state index >= 15 is 0 Å². The van der Waals surface area contributed by atoms with Crippen molar-refractivity contribution in [1.29, 1.82) is 0 Å². The van der Waals surface area contributed by atoms with Crippen LogP contribution in [0, 0.1) is 11.6 Å². The van der Waals surface area contributed by atoms with Crippen molar-refractivity contribution in [3.63, 3.8) is 0 Å². The molecule has 1 N–H and O–H groups in total. The molecule has 0 aliphatic carbocycles. The summed E-state index contributed by atoms with van der Waals surface area (Å²) in [6, 6.07) is 3.19. The highest BCUT2D eigenvalue weighted by Gasteiger charge is 2.23. The van der Waals surface area contributed by atoms with Gasteiger partial charge in [-0.2, -0.15) is 0 Å². The largest absolute Gasteiger partial charge is 0.385 e. The lowest BCUT2D eigenvalue weighted by Gasteiger charge is -2.24. The number of unbranched alkanes of at least 4 members (excludes halogenated alkanes) is 2. The van der Waals surface area contributed by atoms with E-state index in [4.69, 9.17) is 0 Å². The van der Waals surface area contributed by atoms with Gasteiger partial charge in [0.25, 0.3) is 0 Å². The fourth-order valence-electron chi connectivity index (χ4n) is 1.73. The van der Waals surface area contributed by atoms with Crippen molar-refractivity contribution >= 4 is 0 Å². The van der Waals surface area contributed by atoms with E-state index in [1.807, 2.05) is 0 Å². The zero-order chi connectivity index (χ0) is 12.2. The predicted octanol–water partition coefficient (Wildman–Crippen LogP) is 3.75. The number of rotatable bonds is 5. The Balaban J connectivity index is 2.80. The Kier molecular flexibility index (Phi) is 4.42. The van der Waals surface area contributed by atoms with E-state index in [-0.39, 0.29) is 0 Å². The lowest BCUT2D eigenvalue weighted by atomic mass is 9.90. The maximum Gasteiger partial charge on any atom is 0.126 e. The van der Waals surface area contributed by atoms with Gasteiger partial charge in [-0.25, -0.2) is 8.78 Å². The summed E-state index contributed by atoms with van der Waals surface area (Å²) in [5.41, 5.74) is -0.848. The molecule has 0 saturated heterocycles.